The average molecular weight is 1090 g/mol. The Labute approximate surface area is 402 Å². The first kappa shape index (κ1) is 52.8. The smallest absolute Gasteiger partial charge is 0.266 e. The van der Waals surface area contributed by atoms with Crippen LogP contribution in [0.3, 0.4) is 0 Å². The highest BCUT2D eigenvalue weighted by atomic mass is 127. The molecular weight excluding hydrogens is 1030 g/mol. The van der Waals surface area contributed by atoms with Gasteiger partial charge in [0, 0.05) is 60.6 Å². The van der Waals surface area contributed by atoms with Crippen LogP contribution in [0.1, 0.15) is 71.4 Å². The highest BCUT2D eigenvalue weighted by Gasteiger charge is 2.53. The van der Waals surface area contributed by atoms with E-state index in [1.807, 2.05) is 121 Å². The van der Waals surface area contributed by atoms with Crippen LogP contribution in [0.4, 0.5) is 11.4 Å². The molecule has 5 rings (SSSR count). The first-order chi connectivity index (χ1) is 30.6. The third-order valence-electron chi connectivity index (χ3n) is 12.9. The first-order valence-electron chi connectivity index (χ1n) is 21.5. The number of para-hydroxylation sites is 2. The maximum Gasteiger partial charge on any atom is 0.266 e. The maximum absolute atomic E-state index is 14.6. The van der Waals surface area contributed by atoms with E-state index in [-0.39, 0.29) is 62.2 Å². The lowest BCUT2D eigenvalue weighted by Gasteiger charge is -2.44. The van der Waals surface area contributed by atoms with Crippen molar-refractivity contribution in [2.45, 2.75) is 76.7 Å². The molecule has 2 heterocycles. The van der Waals surface area contributed by atoms with Gasteiger partial charge in [-0.25, -0.2) is 0 Å². The van der Waals surface area contributed by atoms with E-state index in [0.29, 0.717) is 11.1 Å². The van der Waals surface area contributed by atoms with E-state index in [2.05, 4.69) is 34.7 Å². The summed E-state index contributed by atoms with van der Waals surface area (Å²) in [5.41, 5.74) is 1.63. The molecule has 0 fully saturated rings. The monoisotopic (exact) mass is 1090 g/mol. The Hall–Kier alpha value is -4.13. The molecular formula is C45H60IN5O12S3. The zero-order valence-electron chi connectivity index (χ0n) is 37.7. The minimum atomic E-state index is -4.49. The standard InChI is InChI=1S/C45H60IN5O12S3/c1-42(2)34-12-6-8-14-36(34)50(23-10-25-64(55,56)57)38(42)17-16-32-28-33(18-19-44(5)43(3,4)35-13-7-9-15-37(35)51(44)24-11-26-65(58,59)60)30-45(29-32,41(54)49-22-27-66(61,62)63)40(53)48-21-20-47-39(52)31-46/h6-9,12-19,28H,10-11,20-27,29-31H2,1-5H3,(H,47,52)(H,48,53)(H,49,54)(H,55,56,57)(H,58,59,60)(H,61,62,63)/b19-18+,32-16-,38-17+. The van der Waals surface area contributed by atoms with Gasteiger partial charge in [-0.3, -0.25) is 28.0 Å². The van der Waals surface area contributed by atoms with Gasteiger partial charge in [-0.05, 0) is 73.1 Å². The number of anilines is 2. The van der Waals surface area contributed by atoms with Gasteiger partial charge in [-0.1, -0.05) is 111 Å². The molecule has 6 N–H and O–H groups in total. The zero-order valence-corrected chi connectivity index (χ0v) is 42.3. The summed E-state index contributed by atoms with van der Waals surface area (Å²) in [6.07, 6.45) is 9.21. The maximum atomic E-state index is 14.6. The van der Waals surface area contributed by atoms with Gasteiger partial charge < -0.3 is 25.8 Å². The van der Waals surface area contributed by atoms with Crippen LogP contribution in [-0.2, 0) is 55.6 Å². The Bertz CT molecular complexity index is 2660. The van der Waals surface area contributed by atoms with E-state index in [4.69, 9.17) is 0 Å². The number of allylic oxidation sites excluding steroid dienone is 7. The van der Waals surface area contributed by atoms with E-state index < -0.39 is 87.8 Å². The van der Waals surface area contributed by atoms with Crippen LogP contribution in [0.2, 0.25) is 0 Å². The van der Waals surface area contributed by atoms with Crippen LogP contribution in [0, 0.1) is 5.41 Å². The van der Waals surface area contributed by atoms with Crippen LogP contribution in [-0.4, -0.2) is 117 Å². The Morgan fingerprint density at radius 1 is 0.697 bits per heavy atom. The predicted octanol–water partition coefficient (Wildman–Crippen LogP) is 4.64. The molecule has 0 aromatic heterocycles. The highest BCUT2D eigenvalue weighted by Crippen LogP contribution is 2.53. The molecule has 2 aliphatic heterocycles. The second-order valence-corrected chi connectivity index (χ2v) is 23.6. The Balaban J connectivity index is 1.66. The quantitative estimate of drug-likeness (QED) is 0.0348. The molecule has 1 aliphatic carbocycles. The first-order valence-corrected chi connectivity index (χ1v) is 27.8. The topological polar surface area (TPSA) is 257 Å². The zero-order chi connectivity index (χ0) is 48.9. The minimum absolute atomic E-state index is 0.0345. The average Bonchev–Trinajstić information content (AvgIpc) is 3.54. The van der Waals surface area contributed by atoms with Crippen molar-refractivity contribution in [1.82, 2.24) is 16.0 Å². The molecule has 3 aliphatic rings. The van der Waals surface area contributed by atoms with E-state index in [1.54, 1.807) is 6.08 Å². The number of rotatable bonds is 20. The number of nitrogens with one attached hydrogen (secondary N) is 3. The molecule has 2 aromatic rings. The fourth-order valence-corrected chi connectivity index (χ4v) is 10.8. The number of alkyl halides is 1. The van der Waals surface area contributed by atoms with Crippen molar-refractivity contribution in [3.8, 4) is 0 Å². The van der Waals surface area contributed by atoms with Gasteiger partial charge in [0.25, 0.3) is 30.4 Å². The van der Waals surface area contributed by atoms with Crippen molar-refractivity contribution >= 4 is 82.0 Å². The van der Waals surface area contributed by atoms with Gasteiger partial charge in [-0.15, -0.1) is 0 Å². The lowest BCUT2D eigenvalue weighted by molar-refractivity contribution is -0.143. The Kier molecular flexibility index (Phi) is 16.5. The fourth-order valence-electron chi connectivity index (χ4n) is 9.19. The van der Waals surface area contributed by atoms with Crippen LogP contribution in [0.15, 0.2) is 95.8 Å². The summed E-state index contributed by atoms with van der Waals surface area (Å²) in [6.45, 7) is 10.2. The summed E-state index contributed by atoms with van der Waals surface area (Å²) in [5, 5.41) is 8.06. The molecule has 0 bridgehead atoms. The number of carbonyl (C=O) groups is 3. The third-order valence-corrected chi connectivity index (χ3v) is 15.9. The van der Waals surface area contributed by atoms with Gasteiger partial charge in [0.05, 0.1) is 27.2 Å². The number of fused-ring (bicyclic) bond motifs is 2. The number of halogens is 1. The lowest BCUT2D eigenvalue weighted by atomic mass is 9.68. The van der Waals surface area contributed by atoms with E-state index >= 15 is 0 Å². The van der Waals surface area contributed by atoms with Gasteiger partial charge in [0.15, 0.2) is 0 Å². The number of hydrogen-bond acceptors (Lipinski definition) is 11. The second kappa shape index (κ2) is 20.6. The van der Waals surface area contributed by atoms with E-state index in [9.17, 15) is 53.3 Å². The van der Waals surface area contributed by atoms with Crippen molar-refractivity contribution in [2.75, 3.05) is 64.2 Å². The fraction of sp³-hybridized carbons (Fsp3) is 0.489. The molecule has 0 saturated heterocycles. The summed E-state index contributed by atoms with van der Waals surface area (Å²) in [6, 6.07) is 15.4. The van der Waals surface area contributed by atoms with Crippen molar-refractivity contribution in [2.24, 2.45) is 5.41 Å². The van der Waals surface area contributed by atoms with Crippen LogP contribution >= 0.6 is 22.6 Å². The molecule has 2 aromatic carbocycles. The molecule has 21 heteroatoms. The molecule has 2 atom stereocenters. The number of nitrogens with zero attached hydrogens (tertiary/aromatic N) is 2. The van der Waals surface area contributed by atoms with Crippen molar-refractivity contribution < 1.29 is 53.3 Å². The highest BCUT2D eigenvalue weighted by molar-refractivity contribution is 14.1. The van der Waals surface area contributed by atoms with Crippen molar-refractivity contribution in [1.29, 1.82) is 0 Å². The summed E-state index contributed by atoms with van der Waals surface area (Å²) >= 11 is 1.91. The van der Waals surface area contributed by atoms with E-state index in [1.165, 1.54) is 0 Å². The summed E-state index contributed by atoms with van der Waals surface area (Å²) < 4.78 is 99.3. The Morgan fingerprint density at radius 3 is 1.85 bits per heavy atom. The second-order valence-electron chi connectivity index (χ2n) is 18.1. The van der Waals surface area contributed by atoms with Crippen LogP contribution in [0.5, 0.6) is 0 Å². The largest absolute Gasteiger partial charge is 0.362 e. The van der Waals surface area contributed by atoms with Gasteiger partial charge >= 0.3 is 0 Å². The molecule has 17 nitrogen and oxygen atoms in total. The lowest BCUT2D eigenvalue weighted by Crippen LogP contribution is -2.54. The summed E-state index contributed by atoms with van der Waals surface area (Å²) in [5.74, 6) is -3.46. The van der Waals surface area contributed by atoms with Crippen molar-refractivity contribution in [3.63, 3.8) is 0 Å². The number of carbonyl (C=O) groups excluding carboxylic acids is 3. The molecule has 0 spiro atoms. The number of amides is 3. The SMILES string of the molecule is CC1(C)/C(=C\C=C2C=C(/C=C/C3(C)N(CCCS(=O)(=O)O)c4ccccc4C3(C)C)CC(C(=O)NCCNC(=O)CI)(C(=O)NCCS(=O)(=O)O)C\2)N(CCCS(=O)(=O)O)c2ccccc21. The van der Waals surface area contributed by atoms with Gasteiger partial charge in [0.1, 0.15) is 5.41 Å². The molecule has 0 saturated carbocycles. The molecule has 2 unspecified atom stereocenters. The molecule has 3 amide bonds. The minimum Gasteiger partial charge on any atom is -0.362 e. The number of benzene rings is 2. The normalized spacial score (nSPS) is 22.6. The summed E-state index contributed by atoms with van der Waals surface area (Å²) in [4.78, 5) is 45.2. The third kappa shape index (κ3) is 12.3. The van der Waals surface area contributed by atoms with Gasteiger partial charge in [0.2, 0.25) is 17.7 Å². The van der Waals surface area contributed by atoms with Gasteiger partial charge in [-0.2, -0.15) is 25.3 Å². The number of hydrogen-bond donors (Lipinski definition) is 6. The van der Waals surface area contributed by atoms with E-state index in [0.717, 1.165) is 28.2 Å². The van der Waals surface area contributed by atoms with Crippen LogP contribution in [0.25, 0.3) is 0 Å². The van der Waals surface area contributed by atoms with Crippen molar-refractivity contribution in [3.05, 3.63) is 107 Å². The van der Waals surface area contributed by atoms with Crippen LogP contribution < -0.4 is 25.8 Å². The summed E-state index contributed by atoms with van der Waals surface area (Å²) in [7, 11) is -13.0. The molecule has 66 heavy (non-hydrogen) atoms. The molecule has 0 radical (unpaired) electrons. The predicted molar refractivity (Wildman–Crippen MR) is 263 cm³/mol. The molecule has 362 valence electrons. The Morgan fingerprint density at radius 2 is 1.24 bits per heavy atom.